The van der Waals surface area contributed by atoms with Crippen molar-refractivity contribution in [2.45, 2.75) is 6.61 Å². The normalized spacial score (nSPS) is 10.6. The third-order valence-corrected chi connectivity index (χ3v) is 4.31. The average molecular weight is 395 g/mol. The molecule has 3 aromatic carbocycles. The van der Waals surface area contributed by atoms with Crippen molar-refractivity contribution < 1.29 is 14.3 Å². The molecule has 6 heteroatoms. The highest BCUT2D eigenvalue weighted by Crippen LogP contribution is 2.29. The van der Waals surface area contributed by atoms with Crippen LogP contribution in [0.3, 0.4) is 0 Å². The molecule has 3 rings (SSSR count). The van der Waals surface area contributed by atoms with Crippen molar-refractivity contribution >= 4 is 23.7 Å². The largest absolute Gasteiger partial charge is 0.493 e. The first-order valence-electron chi connectivity index (χ1n) is 8.60. The zero-order chi connectivity index (χ0) is 19.8. The Balaban J connectivity index is 1.68. The van der Waals surface area contributed by atoms with Crippen molar-refractivity contribution in [3.8, 4) is 11.5 Å². The van der Waals surface area contributed by atoms with Crippen LogP contribution in [0.5, 0.6) is 11.5 Å². The molecule has 1 N–H and O–H groups in total. The molecule has 0 bridgehead atoms. The van der Waals surface area contributed by atoms with E-state index < -0.39 is 0 Å². The number of amides is 1. The van der Waals surface area contributed by atoms with E-state index in [0.717, 1.165) is 11.1 Å². The predicted molar refractivity (Wildman–Crippen MR) is 110 cm³/mol. The van der Waals surface area contributed by atoms with Crippen molar-refractivity contribution in [1.29, 1.82) is 0 Å². The van der Waals surface area contributed by atoms with E-state index in [-0.39, 0.29) is 5.91 Å². The fourth-order valence-electron chi connectivity index (χ4n) is 2.48. The quantitative estimate of drug-likeness (QED) is 0.467. The fourth-order valence-corrected chi connectivity index (χ4v) is 2.67. The molecule has 0 heterocycles. The fraction of sp³-hybridized carbons (Fsp3) is 0.0909. The van der Waals surface area contributed by atoms with Gasteiger partial charge in [-0.2, -0.15) is 5.10 Å². The van der Waals surface area contributed by atoms with Crippen LogP contribution in [-0.2, 0) is 6.61 Å². The van der Waals surface area contributed by atoms with Crippen molar-refractivity contribution in [3.63, 3.8) is 0 Å². The minimum absolute atomic E-state index is 0.277. The first kappa shape index (κ1) is 19.5. The zero-order valence-electron chi connectivity index (χ0n) is 15.3. The van der Waals surface area contributed by atoms with E-state index in [0.29, 0.717) is 28.7 Å². The van der Waals surface area contributed by atoms with Crippen molar-refractivity contribution in [3.05, 3.63) is 94.5 Å². The molecule has 0 aliphatic carbocycles. The number of methoxy groups -OCH3 is 1. The molecule has 0 spiro atoms. The number of rotatable bonds is 7. The van der Waals surface area contributed by atoms with Gasteiger partial charge in [0, 0.05) is 16.1 Å². The zero-order valence-corrected chi connectivity index (χ0v) is 16.0. The molecule has 0 fully saturated rings. The van der Waals surface area contributed by atoms with Crippen LogP contribution in [0.15, 0.2) is 77.9 Å². The molecule has 0 aliphatic rings. The van der Waals surface area contributed by atoms with Gasteiger partial charge in [-0.05, 0) is 42.0 Å². The van der Waals surface area contributed by atoms with Gasteiger partial charge >= 0.3 is 0 Å². The molecule has 0 atom stereocenters. The molecule has 0 radical (unpaired) electrons. The van der Waals surface area contributed by atoms with Gasteiger partial charge in [-0.1, -0.05) is 48.0 Å². The van der Waals surface area contributed by atoms with Gasteiger partial charge < -0.3 is 9.47 Å². The summed E-state index contributed by atoms with van der Waals surface area (Å²) in [5, 5.41) is 4.65. The van der Waals surface area contributed by atoms with Crippen LogP contribution in [-0.4, -0.2) is 19.2 Å². The Labute approximate surface area is 168 Å². The minimum Gasteiger partial charge on any atom is -0.493 e. The van der Waals surface area contributed by atoms with Crippen LogP contribution in [0.1, 0.15) is 21.5 Å². The maximum atomic E-state index is 12.0. The lowest BCUT2D eigenvalue weighted by Gasteiger charge is -2.12. The predicted octanol–water partition coefficient (Wildman–Crippen LogP) is 4.69. The Morgan fingerprint density at radius 2 is 1.79 bits per heavy atom. The van der Waals surface area contributed by atoms with Crippen LogP contribution in [0, 0.1) is 0 Å². The van der Waals surface area contributed by atoms with Crippen molar-refractivity contribution in [1.82, 2.24) is 5.43 Å². The summed E-state index contributed by atoms with van der Waals surface area (Å²) in [5.41, 5.74) is 4.67. The molecule has 0 unspecified atom stereocenters. The van der Waals surface area contributed by atoms with E-state index in [1.54, 1.807) is 49.7 Å². The molecule has 28 heavy (non-hydrogen) atoms. The van der Waals surface area contributed by atoms with E-state index in [9.17, 15) is 4.79 Å². The van der Waals surface area contributed by atoms with E-state index >= 15 is 0 Å². The molecule has 0 aliphatic heterocycles. The lowest BCUT2D eigenvalue weighted by atomic mass is 10.2. The Hall–Kier alpha value is -3.31. The molecule has 0 saturated heterocycles. The van der Waals surface area contributed by atoms with Crippen LogP contribution < -0.4 is 14.9 Å². The number of carbonyl (C=O) groups is 1. The highest BCUT2D eigenvalue weighted by Gasteiger charge is 2.07. The number of hydrogen-bond acceptors (Lipinski definition) is 4. The summed E-state index contributed by atoms with van der Waals surface area (Å²) < 4.78 is 11.2. The van der Waals surface area contributed by atoms with E-state index in [1.165, 1.54) is 0 Å². The molecule has 1 amide bonds. The second kappa shape index (κ2) is 9.58. The monoisotopic (exact) mass is 394 g/mol. The van der Waals surface area contributed by atoms with Gasteiger partial charge in [0.2, 0.25) is 0 Å². The lowest BCUT2D eigenvalue weighted by molar-refractivity contribution is 0.0955. The molecule has 3 aromatic rings. The average Bonchev–Trinajstić information content (AvgIpc) is 2.74. The van der Waals surface area contributed by atoms with Crippen LogP contribution in [0.2, 0.25) is 5.02 Å². The summed E-state index contributed by atoms with van der Waals surface area (Å²) in [7, 11) is 1.57. The number of hydrazone groups is 1. The van der Waals surface area contributed by atoms with Crippen LogP contribution >= 0.6 is 11.6 Å². The van der Waals surface area contributed by atoms with E-state index in [1.807, 2.05) is 36.4 Å². The summed E-state index contributed by atoms with van der Waals surface area (Å²) in [5.74, 6) is 0.874. The summed E-state index contributed by atoms with van der Waals surface area (Å²) in [6.07, 6.45) is 1.54. The Morgan fingerprint density at radius 3 is 2.54 bits per heavy atom. The van der Waals surface area contributed by atoms with Gasteiger partial charge in [-0.25, -0.2) is 5.43 Å². The molecular formula is C22H19ClN2O3. The first-order valence-corrected chi connectivity index (χ1v) is 8.98. The maximum Gasteiger partial charge on any atom is 0.271 e. The second-order valence-electron chi connectivity index (χ2n) is 5.86. The van der Waals surface area contributed by atoms with Crippen molar-refractivity contribution in [2.75, 3.05) is 7.11 Å². The number of benzene rings is 3. The van der Waals surface area contributed by atoms with Gasteiger partial charge in [0.1, 0.15) is 6.61 Å². The van der Waals surface area contributed by atoms with E-state index in [4.69, 9.17) is 21.1 Å². The number of nitrogens with zero attached hydrogens (tertiary/aromatic N) is 1. The summed E-state index contributed by atoms with van der Waals surface area (Å²) in [6.45, 7) is 0.307. The van der Waals surface area contributed by atoms with Gasteiger partial charge in [-0.15, -0.1) is 0 Å². The summed E-state index contributed by atoms with van der Waals surface area (Å²) in [4.78, 5) is 12.0. The topological polar surface area (TPSA) is 59.9 Å². The highest BCUT2D eigenvalue weighted by atomic mass is 35.5. The second-order valence-corrected chi connectivity index (χ2v) is 6.26. The van der Waals surface area contributed by atoms with Gasteiger partial charge in [-0.3, -0.25) is 4.79 Å². The third kappa shape index (κ3) is 5.11. The molecule has 0 saturated carbocycles. The van der Waals surface area contributed by atoms with Gasteiger partial charge in [0.05, 0.1) is 13.3 Å². The Morgan fingerprint density at radius 1 is 1.04 bits per heavy atom. The number of halogens is 1. The van der Waals surface area contributed by atoms with Gasteiger partial charge in [0.15, 0.2) is 11.5 Å². The van der Waals surface area contributed by atoms with Crippen molar-refractivity contribution in [2.24, 2.45) is 5.10 Å². The highest BCUT2D eigenvalue weighted by molar-refractivity contribution is 6.31. The minimum atomic E-state index is -0.277. The Kier molecular flexibility index (Phi) is 6.65. The van der Waals surface area contributed by atoms with E-state index in [2.05, 4.69) is 10.5 Å². The molecule has 142 valence electrons. The number of ether oxygens (including phenoxy) is 2. The molecule has 0 aromatic heterocycles. The first-order chi connectivity index (χ1) is 13.7. The number of nitrogens with one attached hydrogen (secondary N) is 1. The van der Waals surface area contributed by atoms with Gasteiger partial charge in [0.25, 0.3) is 5.91 Å². The number of carbonyl (C=O) groups excluding carboxylic acids is 1. The maximum absolute atomic E-state index is 12.0. The third-order valence-electron chi connectivity index (χ3n) is 3.94. The summed E-state index contributed by atoms with van der Waals surface area (Å²) >= 11 is 6.17. The van der Waals surface area contributed by atoms with Crippen LogP contribution in [0.25, 0.3) is 0 Å². The number of hydrogen-bond donors (Lipinski definition) is 1. The summed E-state index contributed by atoms with van der Waals surface area (Å²) in [6, 6.07) is 21.8. The standard InChI is InChI=1S/C22H19ClN2O3/c1-27-20-12-11-16(14-24-25-22(26)17-7-3-2-4-8-17)13-21(20)28-15-18-9-5-6-10-19(18)23/h2-14H,15H2,1H3,(H,25,26)/b24-14-. The molecule has 5 nitrogen and oxygen atoms in total. The Bertz CT molecular complexity index is 975. The molecular weight excluding hydrogens is 376 g/mol. The van der Waals surface area contributed by atoms with Crippen LogP contribution in [0.4, 0.5) is 0 Å². The SMILES string of the molecule is COc1ccc(/C=N\NC(=O)c2ccccc2)cc1OCc1ccccc1Cl. The lowest BCUT2D eigenvalue weighted by Crippen LogP contribution is -2.17. The smallest absolute Gasteiger partial charge is 0.271 e.